The molecule has 0 aliphatic rings. The molecule has 2 aromatic heterocycles. The van der Waals surface area contributed by atoms with Gasteiger partial charge < -0.3 is 9.15 Å². The summed E-state index contributed by atoms with van der Waals surface area (Å²) in [5.74, 6) is 0.561. The highest BCUT2D eigenvalue weighted by atomic mass is 32.1. The molecule has 0 unspecified atom stereocenters. The van der Waals surface area contributed by atoms with Crippen LogP contribution in [0.3, 0.4) is 0 Å². The van der Waals surface area contributed by atoms with Crippen LogP contribution in [-0.2, 0) is 6.61 Å². The van der Waals surface area contributed by atoms with E-state index in [0.717, 1.165) is 15.8 Å². The molecule has 0 saturated heterocycles. The van der Waals surface area contributed by atoms with E-state index in [1.54, 1.807) is 23.8 Å². The second kappa shape index (κ2) is 3.98. The molecule has 0 atom stereocenters. The van der Waals surface area contributed by atoms with Gasteiger partial charge in [0.2, 0.25) is 0 Å². The summed E-state index contributed by atoms with van der Waals surface area (Å²) in [5, 5.41) is 4.93. The Bertz CT molecular complexity index is 586. The van der Waals surface area contributed by atoms with Crippen molar-refractivity contribution in [1.29, 1.82) is 0 Å². The number of rotatable bonds is 3. The summed E-state index contributed by atoms with van der Waals surface area (Å²) in [4.78, 5) is 4.15. The summed E-state index contributed by atoms with van der Waals surface area (Å²) in [6.45, 7) is 0.454. The second-order valence-corrected chi connectivity index (χ2v) is 4.30. The van der Waals surface area contributed by atoms with Crippen LogP contribution in [0.4, 0.5) is 0 Å². The van der Waals surface area contributed by atoms with E-state index in [4.69, 9.17) is 9.15 Å². The van der Waals surface area contributed by atoms with Gasteiger partial charge in [-0.3, -0.25) is 0 Å². The third kappa shape index (κ3) is 1.67. The summed E-state index contributed by atoms with van der Waals surface area (Å²) in [5.41, 5.74) is 0. The van der Waals surface area contributed by atoms with Gasteiger partial charge in [0.15, 0.2) is 0 Å². The van der Waals surface area contributed by atoms with Crippen molar-refractivity contribution < 1.29 is 9.15 Å². The first-order valence-electron chi connectivity index (χ1n) is 4.91. The number of hydrogen-bond acceptors (Lipinski definition) is 4. The van der Waals surface area contributed by atoms with E-state index in [-0.39, 0.29) is 0 Å². The molecule has 3 rings (SSSR count). The van der Waals surface area contributed by atoms with Crippen LogP contribution in [0.25, 0.3) is 10.8 Å². The number of benzene rings is 1. The largest absolute Gasteiger partial charge is 0.457 e. The Hall–Kier alpha value is -1.81. The van der Waals surface area contributed by atoms with E-state index in [1.165, 1.54) is 0 Å². The first-order valence-corrected chi connectivity index (χ1v) is 5.79. The Labute approximate surface area is 96.3 Å². The Morgan fingerprint density at radius 2 is 2.25 bits per heavy atom. The maximum Gasteiger partial charge on any atom is 0.292 e. The molecule has 0 bridgehead atoms. The van der Waals surface area contributed by atoms with Gasteiger partial charge in [0.25, 0.3) is 5.95 Å². The van der Waals surface area contributed by atoms with Crippen LogP contribution < -0.4 is 4.74 Å². The SMILES string of the molecule is c1ccc2c(OCc3nccs3)occ2c1. The average Bonchev–Trinajstić information content (AvgIpc) is 2.96. The topological polar surface area (TPSA) is 35.3 Å². The molecular formula is C12H9NO2S. The standard InChI is InChI=1S/C12H9NO2S/c1-2-4-10-9(3-1)7-14-12(10)15-8-11-13-5-6-16-11/h1-7H,8H2. The molecule has 1 aromatic carbocycles. The van der Waals surface area contributed by atoms with Gasteiger partial charge >= 0.3 is 0 Å². The van der Waals surface area contributed by atoms with Gasteiger partial charge in [-0.05, 0) is 6.07 Å². The smallest absolute Gasteiger partial charge is 0.292 e. The third-order valence-corrected chi connectivity index (χ3v) is 3.04. The first-order chi connectivity index (χ1) is 7.93. The van der Waals surface area contributed by atoms with Crippen molar-refractivity contribution in [3.05, 3.63) is 47.1 Å². The number of thiazole rings is 1. The quantitative estimate of drug-likeness (QED) is 0.692. The fourth-order valence-electron chi connectivity index (χ4n) is 1.53. The number of furan rings is 1. The Morgan fingerprint density at radius 1 is 1.31 bits per heavy atom. The van der Waals surface area contributed by atoms with Crippen molar-refractivity contribution in [2.24, 2.45) is 0 Å². The third-order valence-electron chi connectivity index (χ3n) is 2.28. The summed E-state index contributed by atoms with van der Waals surface area (Å²) in [6, 6.07) is 7.92. The maximum atomic E-state index is 5.58. The van der Waals surface area contributed by atoms with Gasteiger partial charge in [-0.2, -0.15) is 0 Å². The molecule has 4 heteroatoms. The van der Waals surface area contributed by atoms with Crippen LogP contribution in [0.5, 0.6) is 5.95 Å². The molecule has 0 fully saturated rings. The average molecular weight is 231 g/mol. The van der Waals surface area contributed by atoms with Crippen LogP contribution in [0.1, 0.15) is 5.01 Å². The molecule has 80 valence electrons. The summed E-state index contributed by atoms with van der Waals surface area (Å²) in [7, 11) is 0. The maximum absolute atomic E-state index is 5.58. The number of ether oxygens (including phenoxy) is 1. The van der Waals surface area contributed by atoms with Crippen molar-refractivity contribution in [3.63, 3.8) is 0 Å². The van der Waals surface area contributed by atoms with Crippen molar-refractivity contribution in [2.75, 3.05) is 0 Å². The van der Waals surface area contributed by atoms with Gasteiger partial charge in [-0.15, -0.1) is 11.3 Å². The minimum absolute atomic E-state index is 0.454. The molecule has 0 aliphatic carbocycles. The normalized spacial score (nSPS) is 10.8. The molecule has 0 spiro atoms. The molecule has 0 aliphatic heterocycles. The molecule has 2 heterocycles. The molecule has 0 N–H and O–H groups in total. The van der Waals surface area contributed by atoms with Crippen molar-refractivity contribution >= 4 is 22.1 Å². The van der Waals surface area contributed by atoms with E-state index in [1.807, 2.05) is 29.6 Å². The van der Waals surface area contributed by atoms with Crippen LogP contribution >= 0.6 is 11.3 Å². The fourth-order valence-corrected chi connectivity index (χ4v) is 2.06. The predicted molar refractivity (Wildman–Crippen MR) is 62.7 cm³/mol. The van der Waals surface area contributed by atoms with E-state index in [0.29, 0.717) is 12.6 Å². The lowest BCUT2D eigenvalue weighted by molar-refractivity contribution is 0.236. The van der Waals surface area contributed by atoms with Crippen molar-refractivity contribution in [2.45, 2.75) is 6.61 Å². The van der Waals surface area contributed by atoms with Crippen molar-refractivity contribution in [1.82, 2.24) is 4.98 Å². The molecule has 16 heavy (non-hydrogen) atoms. The van der Waals surface area contributed by atoms with Crippen LogP contribution in [0.2, 0.25) is 0 Å². The van der Waals surface area contributed by atoms with E-state index < -0.39 is 0 Å². The summed E-state index contributed by atoms with van der Waals surface area (Å²) < 4.78 is 11.0. The van der Waals surface area contributed by atoms with Gasteiger partial charge in [-0.1, -0.05) is 18.2 Å². The van der Waals surface area contributed by atoms with Crippen LogP contribution in [0, 0.1) is 0 Å². The van der Waals surface area contributed by atoms with Gasteiger partial charge in [-0.25, -0.2) is 4.98 Å². The minimum atomic E-state index is 0.454. The zero-order valence-electron chi connectivity index (χ0n) is 8.42. The van der Waals surface area contributed by atoms with Gasteiger partial charge in [0.05, 0.1) is 5.39 Å². The highest BCUT2D eigenvalue weighted by Gasteiger charge is 2.07. The predicted octanol–water partition coefficient (Wildman–Crippen LogP) is 3.47. The van der Waals surface area contributed by atoms with Gasteiger partial charge in [0.1, 0.15) is 17.9 Å². The van der Waals surface area contributed by atoms with E-state index in [9.17, 15) is 0 Å². The minimum Gasteiger partial charge on any atom is -0.457 e. The van der Waals surface area contributed by atoms with E-state index in [2.05, 4.69) is 4.98 Å². The summed E-state index contributed by atoms with van der Waals surface area (Å²) >= 11 is 1.57. The number of aromatic nitrogens is 1. The molecule has 3 nitrogen and oxygen atoms in total. The van der Waals surface area contributed by atoms with Crippen molar-refractivity contribution in [3.8, 4) is 5.95 Å². The van der Waals surface area contributed by atoms with Gasteiger partial charge in [0, 0.05) is 17.0 Å². The summed E-state index contributed by atoms with van der Waals surface area (Å²) in [6.07, 6.45) is 3.47. The monoisotopic (exact) mass is 231 g/mol. The first kappa shape index (κ1) is 9.42. The molecular weight excluding hydrogens is 222 g/mol. The van der Waals surface area contributed by atoms with E-state index >= 15 is 0 Å². The fraction of sp³-hybridized carbons (Fsp3) is 0.0833. The lowest BCUT2D eigenvalue weighted by atomic mass is 10.2. The Balaban J connectivity index is 1.84. The highest BCUT2D eigenvalue weighted by Crippen LogP contribution is 2.28. The number of nitrogens with zero attached hydrogens (tertiary/aromatic N) is 1. The lowest BCUT2D eigenvalue weighted by Gasteiger charge is -1.99. The number of hydrogen-bond donors (Lipinski definition) is 0. The zero-order valence-corrected chi connectivity index (χ0v) is 9.24. The highest BCUT2D eigenvalue weighted by molar-refractivity contribution is 7.09. The van der Waals surface area contributed by atoms with Crippen LogP contribution in [-0.4, -0.2) is 4.98 Å². The second-order valence-electron chi connectivity index (χ2n) is 3.32. The molecule has 3 aromatic rings. The molecule has 0 amide bonds. The van der Waals surface area contributed by atoms with Crippen LogP contribution in [0.15, 0.2) is 46.5 Å². The molecule has 0 radical (unpaired) electrons. The zero-order chi connectivity index (χ0) is 10.8. The number of fused-ring (bicyclic) bond motifs is 1. The molecule has 0 saturated carbocycles. The Kier molecular flexibility index (Phi) is 2.34. The lowest BCUT2D eigenvalue weighted by Crippen LogP contribution is -1.93. The Morgan fingerprint density at radius 3 is 3.12 bits per heavy atom.